The molecule has 0 unspecified atom stereocenters. The van der Waals surface area contributed by atoms with Crippen LogP contribution in [0.3, 0.4) is 0 Å². The van der Waals surface area contributed by atoms with Gasteiger partial charge in [0.25, 0.3) is 0 Å². The second-order valence-corrected chi connectivity index (χ2v) is 4.69. The molecule has 0 aliphatic rings. The second kappa shape index (κ2) is 6.67. The number of nitrogen functional groups attached to an aromatic ring is 2. The number of hydrogen-bond acceptors (Lipinski definition) is 2. The van der Waals surface area contributed by atoms with Crippen molar-refractivity contribution in [1.29, 1.82) is 0 Å². The summed E-state index contributed by atoms with van der Waals surface area (Å²) < 4.78 is 50.4. The minimum Gasteiger partial charge on any atom is -0.394 e. The molecule has 2 aromatic carbocycles. The molecule has 114 valence electrons. The van der Waals surface area contributed by atoms with E-state index in [1.54, 1.807) is 0 Å². The Bertz CT molecular complexity index is 622. The lowest BCUT2D eigenvalue weighted by atomic mass is 10.2. The van der Waals surface area contributed by atoms with Crippen molar-refractivity contribution in [2.75, 3.05) is 11.5 Å². The number of anilines is 2. The van der Waals surface area contributed by atoms with Crippen LogP contribution in [-0.2, 0) is 0 Å². The molecule has 2 rings (SSSR count). The molecule has 2 nitrogen and oxygen atoms in total. The van der Waals surface area contributed by atoms with Gasteiger partial charge in [-0.25, -0.2) is 17.6 Å². The zero-order chi connectivity index (χ0) is 16.3. The van der Waals surface area contributed by atoms with Crippen LogP contribution in [0.5, 0.6) is 0 Å². The van der Waals surface area contributed by atoms with Crippen molar-refractivity contribution in [3.8, 4) is 0 Å². The van der Waals surface area contributed by atoms with Crippen molar-refractivity contribution in [1.82, 2.24) is 0 Å². The molecule has 0 amide bonds. The summed E-state index contributed by atoms with van der Waals surface area (Å²) >= 11 is 5.46. The van der Waals surface area contributed by atoms with Gasteiger partial charge in [-0.2, -0.15) is 0 Å². The molecule has 0 spiro atoms. The quantitative estimate of drug-likeness (QED) is 0.559. The van der Waals surface area contributed by atoms with Gasteiger partial charge in [0, 0.05) is 10.6 Å². The van der Waals surface area contributed by atoms with Crippen LogP contribution in [0, 0.1) is 37.1 Å². The SMILES string of the molecule is Cc1c(Cl)cc(F)c(N)c1F.Cc1ccc(F)c(N)c1F. The van der Waals surface area contributed by atoms with Crippen molar-refractivity contribution in [2.45, 2.75) is 13.8 Å². The lowest BCUT2D eigenvalue weighted by Crippen LogP contribution is -1.98. The van der Waals surface area contributed by atoms with E-state index in [9.17, 15) is 17.6 Å². The molecule has 0 aromatic heterocycles. The number of rotatable bonds is 0. The van der Waals surface area contributed by atoms with E-state index in [1.807, 2.05) is 0 Å². The second-order valence-electron chi connectivity index (χ2n) is 4.28. The van der Waals surface area contributed by atoms with Gasteiger partial charge in [-0.05, 0) is 31.5 Å². The largest absolute Gasteiger partial charge is 0.394 e. The Labute approximate surface area is 124 Å². The lowest BCUT2D eigenvalue weighted by molar-refractivity contribution is 0.585. The highest BCUT2D eigenvalue weighted by atomic mass is 35.5. The van der Waals surface area contributed by atoms with Gasteiger partial charge in [0.15, 0.2) is 17.5 Å². The highest BCUT2D eigenvalue weighted by Gasteiger charge is 2.11. The number of hydrogen-bond donors (Lipinski definition) is 2. The topological polar surface area (TPSA) is 52.0 Å². The maximum atomic E-state index is 12.8. The number of benzene rings is 2. The predicted octanol–water partition coefficient (Wildman–Crippen LogP) is 4.36. The summed E-state index contributed by atoms with van der Waals surface area (Å²) in [6.45, 7) is 2.97. The van der Waals surface area contributed by atoms with Crippen LogP contribution in [-0.4, -0.2) is 0 Å². The smallest absolute Gasteiger partial charge is 0.153 e. The van der Waals surface area contributed by atoms with Gasteiger partial charge in [-0.3, -0.25) is 0 Å². The Balaban J connectivity index is 0.000000211. The minimum absolute atomic E-state index is 0.0502. The van der Waals surface area contributed by atoms with E-state index in [1.165, 1.54) is 19.9 Å². The predicted molar refractivity (Wildman–Crippen MR) is 76.0 cm³/mol. The van der Waals surface area contributed by atoms with E-state index in [-0.39, 0.29) is 10.6 Å². The summed E-state index contributed by atoms with van der Waals surface area (Å²) in [5, 5.41) is 0.0502. The Morgan fingerprint density at radius 2 is 1.38 bits per heavy atom. The summed E-state index contributed by atoms with van der Waals surface area (Å²) in [6.07, 6.45) is 0. The van der Waals surface area contributed by atoms with Crippen LogP contribution in [0.15, 0.2) is 18.2 Å². The molecule has 0 saturated carbocycles. The van der Waals surface area contributed by atoms with Crippen LogP contribution < -0.4 is 11.5 Å². The zero-order valence-corrected chi connectivity index (χ0v) is 12.0. The molecule has 0 radical (unpaired) electrons. The molecule has 21 heavy (non-hydrogen) atoms. The first kappa shape index (κ1) is 17.1. The van der Waals surface area contributed by atoms with Gasteiger partial charge in [0.05, 0.1) is 0 Å². The van der Waals surface area contributed by atoms with Crippen LogP contribution in [0.4, 0.5) is 28.9 Å². The van der Waals surface area contributed by atoms with Gasteiger partial charge in [0.1, 0.15) is 17.2 Å². The van der Waals surface area contributed by atoms with Crippen LogP contribution >= 0.6 is 11.6 Å². The molecule has 0 atom stereocenters. The van der Waals surface area contributed by atoms with E-state index in [0.717, 1.165) is 12.1 Å². The Hall–Kier alpha value is -1.95. The monoisotopic (exact) mass is 320 g/mol. The fourth-order valence-corrected chi connectivity index (χ4v) is 1.57. The molecule has 0 saturated heterocycles. The van der Waals surface area contributed by atoms with Gasteiger partial charge < -0.3 is 11.5 Å². The normalized spacial score (nSPS) is 10.0. The maximum absolute atomic E-state index is 12.8. The summed E-state index contributed by atoms with van der Waals surface area (Å²) in [6, 6.07) is 3.49. The molecule has 0 heterocycles. The summed E-state index contributed by atoms with van der Waals surface area (Å²) in [5.74, 6) is -2.98. The van der Waals surface area contributed by atoms with Gasteiger partial charge in [0.2, 0.25) is 0 Å². The van der Waals surface area contributed by atoms with Crippen LogP contribution in [0.25, 0.3) is 0 Å². The average Bonchev–Trinajstić information content (AvgIpc) is 2.45. The number of halogens is 5. The molecule has 2 aromatic rings. The molecule has 7 heteroatoms. The summed E-state index contributed by atoms with van der Waals surface area (Å²) in [7, 11) is 0. The molecule has 0 bridgehead atoms. The van der Waals surface area contributed by atoms with Crippen molar-refractivity contribution < 1.29 is 17.6 Å². The molecule has 4 N–H and O–H groups in total. The summed E-state index contributed by atoms with van der Waals surface area (Å²) in [5.41, 5.74) is 9.73. The Morgan fingerprint density at radius 1 is 0.857 bits per heavy atom. The first-order valence-electron chi connectivity index (χ1n) is 5.76. The maximum Gasteiger partial charge on any atom is 0.153 e. The Kier molecular flexibility index (Phi) is 5.43. The fourth-order valence-electron chi connectivity index (χ4n) is 1.39. The third kappa shape index (κ3) is 3.78. The average molecular weight is 321 g/mol. The third-order valence-corrected chi connectivity index (χ3v) is 3.15. The van der Waals surface area contributed by atoms with Crippen molar-refractivity contribution in [3.63, 3.8) is 0 Å². The third-order valence-electron chi connectivity index (χ3n) is 2.75. The highest BCUT2D eigenvalue weighted by Crippen LogP contribution is 2.25. The van der Waals surface area contributed by atoms with E-state index >= 15 is 0 Å². The Morgan fingerprint density at radius 3 is 1.90 bits per heavy atom. The van der Waals surface area contributed by atoms with E-state index < -0.39 is 34.6 Å². The molecule has 0 aliphatic carbocycles. The molecular formula is C14H13ClF4N2. The van der Waals surface area contributed by atoms with Gasteiger partial charge in [-0.1, -0.05) is 17.7 Å². The van der Waals surface area contributed by atoms with Crippen molar-refractivity contribution in [3.05, 3.63) is 57.6 Å². The van der Waals surface area contributed by atoms with Crippen molar-refractivity contribution >= 4 is 23.0 Å². The van der Waals surface area contributed by atoms with Crippen LogP contribution in [0.2, 0.25) is 5.02 Å². The number of nitrogens with two attached hydrogens (primary N) is 2. The summed E-state index contributed by atoms with van der Waals surface area (Å²) in [4.78, 5) is 0. The molecule has 0 aliphatic heterocycles. The van der Waals surface area contributed by atoms with Gasteiger partial charge >= 0.3 is 0 Å². The molecule has 0 fully saturated rings. The van der Waals surface area contributed by atoms with Gasteiger partial charge in [-0.15, -0.1) is 0 Å². The standard InChI is InChI=1S/C7H6ClF2N.C7H7F2N/c1-3-4(8)2-5(9)7(11)6(3)10;1-4-2-3-5(8)7(10)6(4)9/h2H,11H2,1H3;2-3H,10H2,1H3. The molecular weight excluding hydrogens is 308 g/mol. The van der Waals surface area contributed by atoms with E-state index in [0.29, 0.717) is 5.56 Å². The fraction of sp³-hybridized carbons (Fsp3) is 0.143. The van der Waals surface area contributed by atoms with Crippen molar-refractivity contribution in [2.24, 2.45) is 0 Å². The van der Waals surface area contributed by atoms with Crippen LogP contribution in [0.1, 0.15) is 11.1 Å². The lowest BCUT2D eigenvalue weighted by Gasteiger charge is -2.03. The van der Waals surface area contributed by atoms with E-state index in [4.69, 9.17) is 23.1 Å². The highest BCUT2D eigenvalue weighted by molar-refractivity contribution is 6.31. The first-order valence-corrected chi connectivity index (χ1v) is 6.14. The zero-order valence-electron chi connectivity index (χ0n) is 11.3. The number of aryl methyl sites for hydroxylation is 1. The first-order chi connectivity index (χ1) is 9.66. The van der Waals surface area contributed by atoms with E-state index in [2.05, 4.69) is 0 Å². The minimum atomic E-state index is -0.821.